The van der Waals surface area contributed by atoms with E-state index in [1.54, 1.807) is 24.0 Å². The van der Waals surface area contributed by atoms with Gasteiger partial charge in [-0.3, -0.25) is 14.9 Å². The molecule has 19 heavy (non-hydrogen) atoms. The van der Waals surface area contributed by atoms with Crippen LogP contribution in [0.15, 0.2) is 18.2 Å². The normalized spacial score (nSPS) is 18.0. The lowest BCUT2D eigenvalue weighted by molar-refractivity contribution is -0.385. The van der Waals surface area contributed by atoms with Gasteiger partial charge in [0.25, 0.3) is 11.6 Å². The quantitative estimate of drug-likeness (QED) is 0.658. The maximum Gasteiger partial charge on any atom is 0.273 e. The molecule has 0 unspecified atom stereocenters. The van der Waals surface area contributed by atoms with Gasteiger partial charge in [-0.2, -0.15) is 0 Å². The number of hydrogen-bond donors (Lipinski definition) is 1. The highest BCUT2D eigenvalue weighted by atomic mass is 35.5. The summed E-state index contributed by atoms with van der Waals surface area (Å²) in [5, 5.41) is 10.8. The molecular weight excluding hydrogens is 270 g/mol. The topological polar surface area (TPSA) is 89.5 Å². The van der Waals surface area contributed by atoms with Crippen LogP contribution in [-0.4, -0.2) is 34.9 Å². The van der Waals surface area contributed by atoms with E-state index >= 15 is 0 Å². The van der Waals surface area contributed by atoms with Crippen LogP contribution < -0.4 is 5.73 Å². The Morgan fingerprint density at radius 2 is 2.21 bits per heavy atom. The van der Waals surface area contributed by atoms with Crippen molar-refractivity contribution in [3.8, 4) is 0 Å². The van der Waals surface area contributed by atoms with E-state index in [1.807, 2.05) is 0 Å². The van der Waals surface area contributed by atoms with Gasteiger partial charge < -0.3 is 10.6 Å². The summed E-state index contributed by atoms with van der Waals surface area (Å²) in [4.78, 5) is 24.1. The zero-order valence-electron chi connectivity index (χ0n) is 10.5. The molecule has 1 saturated heterocycles. The third-order valence-electron chi connectivity index (χ3n) is 3.16. The maximum atomic E-state index is 12.1. The summed E-state index contributed by atoms with van der Waals surface area (Å²) in [5.41, 5.74) is 6.62. The lowest BCUT2D eigenvalue weighted by atomic mass is 10.1. The fourth-order valence-corrected chi connectivity index (χ4v) is 2.09. The van der Waals surface area contributed by atoms with Gasteiger partial charge >= 0.3 is 0 Å². The van der Waals surface area contributed by atoms with Gasteiger partial charge in [-0.25, -0.2) is 0 Å². The van der Waals surface area contributed by atoms with Crippen molar-refractivity contribution < 1.29 is 9.72 Å². The number of aryl methyl sites for hydroxylation is 1. The fraction of sp³-hybridized carbons (Fsp3) is 0.417. The van der Waals surface area contributed by atoms with Crippen molar-refractivity contribution >= 4 is 24.0 Å². The Morgan fingerprint density at radius 1 is 1.53 bits per heavy atom. The molecule has 0 saturated carbocycles. The molecule has 0 bridgehead atoms. The van der Waals surface area contributed by atoms with E-state index in [9.17, 15) is 14.9 Å². The monoisotopic (exact) mass is 285 g/mol. The predicted molar refractivity (Wildman–Crippen MR) is 73.6 cm³/mol. The lowest BCUT2D eigenvalue weighted by Crippen LogP contribution is -2.31. The molecule has 1 fully saturated rings. The van der Waals surface area contributed by atoms with Crippen LogP contribution in [0.3, 0.4) is 0 Å². The molecule has 0 aliphatic carbocycles. The Kier molecular flexibility index (Phi) is 4.85. The zero-order valence-corrected chi connectivity index (χ0v) is 11.4. The number of hydrogen-bond acceptors (Lipinski definition) is 4. The Morgan fingerprint density at radius 3 is 2.74 bits per heavy atom. The average molecular weight is 286 g/mol. The standard InChI is InChI=1S/C12H15N3O3.ClH/c1-8-2-3-9(6-11(8)15(17)18)12(16)14-5-4-10(13)7-14;/h2-3,6,10H,4-5,7,13H2,1H3;1H/t10-;/m0./s1. The second kappa shape index (κ2) is 5.99. The minimum Gasteiger partial charge on any atom is -0.337 e. The predicted octanol–water partition coefficient (Wildman–Crippen LogP) is 1.50. The van der Waals surface area contributed by atoms with Gasteiger partial charge in [-0.15, -0.1) is 12.4 Å². The van der Waals surface area contributed by atoms with Crippen LogP contribution in [0.4, 0.5) is 5.69 Å². The molecule has 2 N–H and O–H groups in total. The Bertz CT molecular complexity index is 507. The van der Waals surface area contributed by atoms with E-state index in [4.69, 9.17) is 5.73 Å². The SMILES string of the molecule is Cc1ccc(C(=O)N2CC[C@H](N)C2)cc1[N+](=O)[O-].Cl. The summed E-state index contributed by atoms with van der Waals surface area (Å²) < 4.78 is 0. The summed E-state index contributed by atoms with van der Waals surface area (Å²) in [5.74, 6) is -0.189. The molecule has 1 amide bonds. The molecule has 7 heteroatoms. The van der Waals surface area contributed by atoms with Crippen molar-refractivity contribution in [2.45, 2.75) is 19.4 Å². The van der Waals surface area contributed by atoms with Crippen LogP contribution >= 0.6 is 12.4 Å². The summed E-state index contributed by atoms with van der Waals surface area (Å²) in [6.07, 6.45) is 0.777. The van der Waals surface area contributed by atoms with Gasteiger partial charge in [-0.05, 0) is 19.4 Å². The first-order valence-corrected chi connectivity index (χ1v) is 5.79. The highest BCUT2D eigenvalue weighted by molar-refractivity contribution is 5.95. The van der Waals surface area contributed by atoms with Crippen LogP contribution in [0.1, 0.15) is 22.3 Å². The number of benzene rings is 1. The molecule has 104 valence electrons. The van der Waals surface area contributed by atoms with Gasteiger partial charge in [0.2, 0.25) is 0 Å². The second-order valence-corrected chi connectivity index (χ2v) is 4.56. The highest BCUT2D eigenvalue weighted by Crippen LogP contribution is 2.21. The van der Waals surface area contributed by atoms with E-state index in [0.717, 1.165) is 6.42 Å². The van der Waals surface area contributed by atoms with Crippen molar-refractivity contribution in [2.75, 3.05) is 13.1 Å². The van der Waals surface area contributed by atoms with E-state index in [1.165, 1.54) is 6.07 Å². The average Bonchev–Trinajstić information content (AvgIpc) is 2.75. The van der Waals surface area contributed by atoms with Crippen molar-refractivity contribution in [2.24, 2.45) is 5.73 Å². The van der Waals surface area contributed by atoms with E-state index < -0.39 is 4.92 Å². The van der Waals surface area contributed by atoms with Gasteiger partial charge in [0.1, 0.15) is 0 Å². The smallest absolute Gasteiger partial charge is 0.273 e. The van der Waals surface area contributed by atoms with Gasteiger partial charge in [0, 0.05) is 36.3 Å². The number of amides is 1. The zero-order chi connectivity index (χ0) is 13.3. The van der Waals surface area contributed by atoms with Crippen molar-refractivity contribution in [1.29, 1.82) is 0 Å². The number of carbonyl (C=O) groups excluding carboxylic acids is 1. The lowest BCUT2D eigenvalue weighted by Gasteiger charge is -2.15. The molecule has 2 rings (SSSR count). The van der Waals surface area contributed by atoms with Crippen LogP contribution in [0.2, 0.25) is 0 Å². The molecule has 0 aromatic heterocycles. The molecule has 0 spiro atoms. The first-order chi connectivity index (χ1) is 8.49. The number of nitro benzene ring substituents is 1. The maximum absolute atomic E-state index is 12.1. The fourth-order valence-electron chi connectivity index (χ4n) is 2.09. The van der Waals surface area contributed by atoms with Crippen LogP contribution in [0, 0.1) is 17.0 Å². The number of carbonyl (C=O) groups is 1. The molecule has 1 aromatic rings. The largest absolute Gasteiger partial charge is 0.337 e. The third kappa shape index (κ3) is 3.21. The highest BCUT2D eigenvalue weighted by Gasteiger charge is 2.25. The van der Waals surface area contributed by atoms with E-state index in [0.29, 0.717) is 24.2 Å². The minimum absolute atomic E-state index is 0. The molecule has 1 aromatic carbocycles. The molecular formula is C12H16ClN3O3. The summed E-state index contributed by atoms with van der Waals surface area (Å²) in [6.45, 7) is 2.78. The Labute approximate surface area is 117 Å². The third-order valence-corrected chi connectivity index (χ3v) is 3.16. The van der Waals surface area contributed by atoms with E-state index in [-0.39, 0.29) is 30.0 Å². The molecule has 1 heterocycles. The molecule has 6 nitrogen and oxygen atoms in total. The number of halogens is 1. The summed E-state index contributed by atoms with van der Waals surface area (Å²) >= 11 is 0. The molecule has 1 aliphatic heterocycles. The van der Waals surface area contributed by atoms with Gasteiger partial charge in [0.15, 0.2) is 0 Å². The van der Waals surface area contributed by atoms with Gasteiger partial charge in [-0.1, -0.05) is 6.07 Å². The van der Waals surface area contributed by atoms with Crippen molar-refractivity contribution in [1.82, 2.24) is 4.90 Å². The summed E-state index contributed by atoms with van der Waals surface area (Å²) in [6, 6.07) is 4.56. The van der Waals surface area contributed by atoms with Crippen LogP contribution in [0.5, 0.6) is 0 Å². The first-order valence-electron chi connectivity index (χ1n) is 5.79. The number of likely N-dealkylation sites (tertiary alicyclic amines) is 1. The summed E-state index contributed by atoms with van der Waals surface area (Å²) in [7, 11) is 0. The van der Waals surface area contributed by atoms with Gasteiger partial charge in [0.05, 0.1) is 4.92 Å². The Hall–Kier alpha value is -1.66. The molecule has 1 atom stereocenters. The number of rotatable bonds is 2. The number of nitrogens with two attached hydrogens (primary N) is 1. The van der Waals surface area contributed by atoms with Crippen molar-refractivity contribution in [3.63, 3.8) is 0 Å². The van der Waals surface area contributed by atoms with E-state index in [2.05, 4.69) is 0 Å². The van der Waals surface area contributed by atoms with Crippen LogP contribution in [-0.2, 0) is 0 Å². The first kappa shape index (κ1) is 15.4. The molecule has 1 aliphatic rings. The van der Waals surface area contributed by atoms with Crippen molar-refractivity contribution in [3.05, 3.63) is 39.4 Å². The second-order valence-electron chi connectivity index (χ2n) is 4.56. The number of nitro groups is 1. The Balaban J connectivity index is 0.00000180. The van der Waals surface area contributed by atoms with Crippen LogP contribution in [0.25, 0.3) is 0 Å². The minimum atomic E-state index is -0.470. The molecule has 0 radical (unpaired) electrons. The number of nitrogens with zero attached hydrogens (tertiary/aromatic N) is 2.